The predicted molar refractivity (Wildman–Crippen MR) is 40.0 cm³/mol. The van der Waals surface area contributed by atoms with Crippen LogP contribution in [0.25, 0.3) is 6.08 Å². The first kappa shape index (κ1) is 7.60. The first-order valence-electron chi connectivity index (χ1n) is 3.19. The second kappa shape index (κ2) is 3.61. The van der Waals surface area contributed by atoms with Crippen LogP contribution in [0.1, 0.15) is 12.0 Å². The fourth-order valence-electron chi connectivity index (χ4n) is 0.666. The molecular formula is C8H8O3. The van der Waals surface area contributed by atoms with Gasteiger partial charge in [0.2, 0.25) is 0 Å². The maximum absolute atomic E-state index is 10.1. The van der Waals surface area contributed by atoms with E-state index in [-0.39, 0.29) is 6.42 Å². The maximum Gasteiger partial charge on any atom is 0.307 e. The summed E-state index contributed by atoms with van der Waals surface area (Å²) in [4.78, 5) is 10.1. The maximum atomic E-state index is 10.1. The van der Waals surface area contributed by atoms with Gasteiger partial charge in [-0.2, -0.15) is 0 Å². The van der Waals surface area contributed by atoms with Crippen molar-refractivity contribution in [3.8, 4) is 0 Å². The fourth-order valence-corrected chi connectivity index (χ4v) is 0.666. The van der Waals surface area contributed by atoms with Crippen LogP contribution in [0.5, 0.6) is 0 Å². The number of rotatable bonds is 3. The van der Waals surface area contributed by atoms with Crippen molar-refractivity contribution in [2.24, 2.45) is 0 Å². The molecule has 1 aromatic heterocycles. The van der Waals surface area contributed by atoms with Crippen molar-refractivity contribution in [2.75, 3.05) is 0 Å². The lowest BCUT2D eigenvalue weighted by atomic mass is 10.3. The Morgan fingerprint density at radius 3 is 3.09 bits per heavy atom. The molecule has 0 bridgehead atoms. The lowest BCUT2D eigenvalue weighted by molar-refractivity contribution is -0.135. The van der Waals surface area contributed by atoms with Crippen LogP contribution in [-0.2, 0) is 4.79 Å². The molecule has 0 fully saturated rings. The topological polar surface area (TPSA) is 50.4 Å². The highest BCUT2D eigenvalue weighted by Gasteiger charge is 1.90. The molecule has 0 amide bonds. The van der Waals surface area contributed by atoms with E-state index in [1.807, 2.05) is 0 Å². The summed E-state index contributed by atoms with van der Waals surface area (Å²) in [6.07, 6.45) is 6.43. The third-order valence-corrected chi connectivity index (χ3v) is 1.15. The monoisotopic (exact) mass is 152 g/mol. The predicted octanol–water partition coefficient (Wildman–Crippen LogP) is 1.77. The van der Waals surface area contributed by atoms with Gasteiger partial charge in [0.1, 0.15) is 0 Å². The van der Waals surface area contributed by atoms with Crippen LogP contribution < -0.4 is 0 Å². The summed E-state index contributed by atoms with van der Waals surface area (Å²) in [5.74, 6) is -0.829. The average Bonchev–Trinajstić information content (AvgIpc) is 2.39. The van der Waals surface area contributed by atoms with Crippen molar-refractivity contribution in [3.05, 3.63) is 30.2 Å². The summed E-state index contributed by atoms with van der Waals surface area (Å²) in [6.45, 7) is 0. The highest BCUT2D eigenvalue weighted by atomic mass is 16.4. The highest BCUT2D eigenvalue weighted by molar-refractivity contribution is 5.70. The quantitative estimate of drug-likeness (QED) is 0.718. The van der Waals surface area contributed by atoms with E-state index in [0.29, 0.717) is 0 Å². The van der Waals surface area contributed by atoms with Crippen molar-refractivity contribution in [1.29, 1.82) is 0 Å². The van der Waals surface area contributed by atoms with Gasteiger partial charge in [-0.15, -0.1) is 0 Å². The standard InChI is InChI=1S/C8H8O3/c9-8(10)3-1-2-7-4-5-11-6-7/h1-2,4-6H,3H2,(H,9,10). The van der Waals surface area contributed by atoms with Gasteiger partial charge in [-0.25, -0.2) is 0 Å². The first-order chi connectivity index (χ1) is 5.29. The minimum atomic E-state index is -0.829. The van der Waals surface area contributed by atoms with E-state index < -0.39 is 5.97 Å². The molecule has 0 unspecified atom stereocenters. The Kier molecular flexibility index (Phi) is 2.49. The van der Waals surface area contributed by atoms with E-state index in [0.717, 1.165) is 5.56 Å². The molecule has 0 saturated heterocycles. The summed E-state index contributed by atoms with van der Waals surface area (Å²) in [5.41, 5.74) is 0.881. The molecule has 0 aromatic carbocycles. The number of aliphatic carboxylic acids is 1. The molecule has 1 N–H and O–H groups in total. The number of carboxylic acid groups (broad SMARTS) is 1. The van der Waals surface area contributed by atoms with Gasteiger partial charge < -0.3 is 9.52 Å². The molecule has 1 aromatic rings. The minimum absolute atomic E-state index is 0.0468. The van der Waals surface area contributed by atoms with Crippen molar-refractivity contribution >= 4 is 12.0 Å². The van der Waals surface area contributed by atoms with E-state index in [4.69, 9.17) is 9.52 Å². The third kappa shape index (κ3) is 2.71. The van der Waals surface area contributed by atoms with Crippen LogP contribution >= 0.6 is 0 Å². The number of carboxylic acids is 1. The minimum Gasteiger partial charge on any atom is -0.481 e. The number of hydrogen-bond acceptors (Lipinski definition) is 2. The lowest BCUT2D eigenvalue weighted by Gasteiger charge is -1.82. The van der Waals surface area contributed by atoms with Crippen LogP contribution in [0, 0.1) is 0 Å². The highest BCUT2D eigenvalue weighted by Crippen LogP contribution is 2.02. The molecule has 0 spiro atoms. The molecule has 3 heteroatoms. The molecule has 0 atom stereocenters. The van der Waals surface area contributed by atoms with Crippen LogP contribution in [0.2, 0.25) is 0 Å². The van der Waals surface area contributed by atoms with Gasteiger partial charge in [-0.05, 0) is 6.07 Å². The van der Waals surface area contributed by atoms with Crippen molar-refractivity contribution in [3.63, 3.8) is 0 Å². The molecule has 58 valence electrons. The van der Waals surface area contributed by atoms with Crippen molar-refractivity contribution in [1.82, 2.24) is 0 Å². The number of hydrogen-bond donors (Lipinski definition) is 1. The van der Waals surface area contributed by atoms with Gasteiger partial charge in [0.25, 0.3) is 0 Å². The van der Waals surface area contributed by atoms with Crippen LogP contribution in [0.15, 0.2) is 29.1 Å². The molecule has 1 heterocycles. The molecule has 11 heavy (non-hydrogen) atoms. The van der Waals surface area contributed by atoms with E-state index in [9.17, 15) is 4.79 Å². The smallest absolute Gasteiger partial charge is 0.307 e. The Balaban J connectivity index is 2.43. The molecule has 0 saturated carbocycles. The lowest BCUT2D eigenvalue weighted by Crippen LogP contribution is -1.89. The molecule has 3 nitrogen and oxygen atoms in total. The number of furan rings is 1. The molecular weight excluding hydrogens is 144 g/mol. The summed E-state index contributed by atoms with van der Waals surface area (Å²) < 4.78 is 4.77. The zero-order chi connectivity index (χ0) is 8.10. The normalized spacial score (nSPS) is 10.5. The van der Waals surface area contributed by atoms with E-state index in [1.165, 1.54) is 0 Å². The Hall–Kier alpha value is -1.51. The molecule has 0 aliphatic heterocycles. The van der Waals surface area contributed by atoms with E-state index >= 15 is 0 Å². The van der Waals surface area contributed by atoms with Crippen molar-refractivity contribution < 1.29 is 14.3 Å². The molecule has 0 aliphatic rings. The summed E-state index contributed by atoms with van der Waals surface area (Å²) in [6, 6.07) is 1.76. The van der Waals surface area contributed by atoms with Gasteiger partial charge in [-0.1, -0.05) is 12.2 Å². The molecule has 0 radical (unpaired) electrons. The van der Waals surface area contributed by atoms with Gasteiger partial charge in [-0.3, -0.25) is 4.79 Å². The Morgan fingerprint density at radius 2 is 2.55 bits per heavy atom. The van der Waals surface area contributed by atoms with Crippen LogP contribution in [0.4, 0.5) is 0 Å². The van der Waals surface area contributed by atoms with Gasteiger partial charge in [0.15, 0.2) is 0 Å². The Morgan fingerprint density at radius 1 is 1.73 bits per heavy atom. The zero-order valence-electron chi connectivity index (χ0n) is 5.86. The zero-order valence-corrected chi connectivity index (χ0v) is 5.86. The summed E-state index contributed by atoms with van der Waals surface area (Å²) >= 11 is 0. The SMILES string of the molecule is O=C(O)CC=Cc1ccoc1. The van der Waals surface area contributed by atoms with Gasteiger partial charge >= 0.3 is 5.97 Å². The van der Waals surface area contributed by atoms with Gasteiger partial charge in [0.05, 0.1) is 18.9 Å². The fraction of sp³-hybridized carbons (Fsp3) is 0.125. The van der Waals surface area contributed by atoms with Crippen molar-refractivity contribution in [2.45, 2.75) is 6.42 Å². The molecule has 1 rings (SSSR count). The van der Waals surface area contributed by atoms with Gasteiger partial charge in [0, 0.05) is 5.56 Å². The number of carbonyl (C=O) groups is 1. The largest absolute Gasteiger partial charge is 0.481 e. The van der Waals surface area contributed by atoms with Crippen LogP contribution in [-0.4, -0.2) is 11.1 Å². The Labute approximate surface area is 64.0 Å². The average molecular weight is 152 g/mol. The van der Waals surface area contributed by atoms with E-state index in [1.54, 1.807) is 30.7 Å². The summed E-state index contributed by atoms with van der Waals surface area (Å²) in [5, 5.41) is 8.27. The molecule has 0 aliphatic carbocycles. The second-order valence-corrected chi connectivity index (χ2v) is 2.06. The Bertz CT molecular complexity index is 246. The second-order valence-electron chi connectivity index (χ2n) is 2.06. The summed E-state index contributed by atoms with van der Waals surface area (Å²) in [7, 11) is 0. The first-order valence-corrected chi connectivity index (χ1v) is 3.19. The third-order valence-electron chi connectivity index (χ3n) is 1.15. The van der Waals surface area contributed by atoms with Crippen LogP contribution in [0.3, 0.4) is 0 Å². The van der Waals surface area contributed by atoms with E-state index in [2.05, 4.69) is 0 Å².